The van der Waals surface area contributed by atoms with Crippen LogP contribution in [0.4, 0.5) is 0 Å². The summed E-state index contributed by atoms with van der Waals surface area (Å²) in [5.74, 6) is 0. The average molecular weight is 240 g/mol. The van der Waals surface area contributed by atoms with E-state index in [0.29, 0.717) is 0 Å². The summed E-state index contributed by atoms with van der Waals surface area (Å²) in [6.07, 6.45) is 0. The van der Waals surface area contributed by atoms with E-state index in [1.54, 1.807) is 0 Å². The van der Waals surface area contributed by atoms with Gasteiger partial charge in [-0.25, -0.2) is 0 Å². The molecule has 13 heavy (non-hydrogen) atoms. The molecule has 0 radical (unpaired) electrons. The standard InChI is InChI=1S/C11H14BrN/c1-9-4-3-5-11(6-9)8-13-7-10(2)12/h3-6,13H,2,7-8H2,1H3. The summed E-state index contributed by atoms with van der Waals surface area (Å²) in [4.78, 5) is 0. The van der Waals surface area contributed by atoms with Crippen LogP contribution in [0.15, 0.2) is 35.3 Å². The number of hydrogen-bond acceptors (Lipinski definition) is 1. The Morgan fingerprint density at radius 1 is 1.54 bits per heavy atom. The van der Waals surface area contributed by atoms with Gasteiger partial charge in [0.05, 0.1) is 0 Å². The van der Waals surface area contributed by atoms with Gasteiger partial charge >= 0.3 is 0 Å². The zero-order chi connectivity index (χ0) is 9.68. The van der Waals surface area contributed by atoms with Gasteiger partial charge in [0.1, 0.15) is 0 Å². The van der Waals surface area contributed by atoms with E-state index in [0.717, 1.165) is 17.6 Å². The maximum Gasteiger partial charge on any atom is 0.0268 e. The second-order valence-corrected chi connectivity index (χ2v) is 4.23. The van der Waals surface area contributed by atoms with Crippen LogP contribution < -0.4 is 5.32 Å². The molecular weight excluding hydrogens is 226 g/mol. The van der Waals surface area contributed by atoms with E-state index >= 15 is 0 Å². The molecule has 0 atom stereocenters. The summed E-state index contributed by atoms with van der Waals surface area (Å²) in [5, 5.41) is 3.28. The summed E-state index contributed by atoms with van der Waals surface area (Å²) in [5.41, 5.74) is 2.62. The van der Waals surface area contributed by atoms with Gasteiger partial charge in [-0.15, -0.1) is 0 Å². The Balaban J connectivity index is 2.41. The molecular formula is C11H14BrN. The molecule has 0 saturated carbocycles. The van der Waals surface area contributed by atoms with E-state index in [1.807, 2.05) is 0 Å². The normalized spacial score (nSPS) is 10.0. The second kappa shape index (κ2) is 5.20. The molecule has 2 heteroatoms. The van der Waals surface area contributed by atoms with Crippen molar-refractivity contribution in [2.45, 2.75) is 13.5 Å². The molecule has 0 fully saturated rings. The Labute approximate surface area is 88.0 Å². The topological polar surface area (TPSA) is 12.0 Å². The van der Waals surface area contributed by atoms with Crippen molar-refractivity contribution in [1.82, 2.24) is 5.32 Å². The van der Waals surface area contributed by atoms with Crippen molar-refractivity contribution in [2.75, 3.05) is 6.54 Å². The van der Waals surface area contributed by atoms with Gasteiger partial charge in [0.25, 0.3) is 0 Å². The molecule has 70 valence electrons. The average Bonchev–Trinajstić information content (AvgIpc) is 2.03. The van der Waals surface area contributed by atoms with E-state index in [-0.39, 0.29) is 0 Å². The van der Waals surface area contributed by atoms with Gasteiger partial charge in [-0.3, -0.25) is 0 Å². The zero-order valence-electron chi connectivity index (χ0n) is 7.81. The lowest BCUT2D eigenvalue weighted by Gasteiger charge is -2.04. The summed E-state index contributed by atoms with van der Waals surface area (Å²) in [7, 11) is 0. The second-order valence-electron chi connectivity index (χ2n) is 3.11. The van der Waals surface area contributed by atoms with Gasteiger partial charge in [-0.1, -0.05) is 52.3 Å². The van der Waals surface area contributed by atoms with E-state index < -0.39 is 0 Å². The van der Waals surface area contributed by atoms with Gasteiger partial charge in [-0.2, -0.15) is 0 Å². The Morgan fingerprint density at radius 2 is 2.31 bits per heavy atom. The molecule has 0 heterocycles. The van der Waals surface area contributed by atoms with E-state index in [9.17, 15) is 0 Å². The fourth-order valence-electron chi connectivity index (χ4n) is 1.16. The van der Waals surface area contributed by atoms with Crippen LogP contribution in [0.1, 0.15) is 11.1 Å². The number of nitrogens with one attached hydrogen (secondary N) is 1. The van der Waals surface area contributed by atoms with Crippen molar-refractivity contribution in [3.63, 3.8) is 0 Å². The number of benzene rings is 1. The molecule has 0 saturated heterocycles. The number of hydrogen-bond donors (Lipinski definition) is 1. The molecule has 0 aromatic heterocycles. The lowest BCUT2D eigenvalue weighted by atomic mass is 10.1. The van der Waals surface area contributed by atoms with Crippen molar-refractivity contribution in [3.8, 4) is 0 Å². The van der Waals surface area contributed by atoms with Crippen molar-refractivity contribution in [3.05, 3.63) is 46.5 Å². The monoisotopic (exact) mass is 239 g/mol. The van der Waals surface area contributed by atoms with Crippen molar-refractivity contribution < 1.29 is 0 Å². The molecule has 1 rings (SSSR count). The van der Waals surface area contributed by atoms with Crippen molar-refractivity contribution in [2.24, 2.45) is 0 Å². The van der Waals surface area contributed by atoms with Crippen molar-refractivity contribution >= 4 is 15.9 Å². The first kappa shape index (κ1) is 10.5. The third-order valence-electron chi connectivity index (χ3n) is 1.73. The lowest BCUT2D eigenvalue weighted by Crippen LogP contribution is -2.14. The minimum absolute atomic E-state index is 0.813. The third-order valence-corrected chi connectivity index (χ3v) is 2.01. The highest BCUT2D eigenvalue weighted by atomic mass is 79.9. The largest absolute Gasteiger partial charge is 0.308 e. The molecule has 0 aliphatic carbocycles. The minimum atomic E-state index is 0.813. The molecule has 0 amide bonds. The first-order chi connectivity index (χ1) is 6.18. The van der Waals surface area contributed by atoms with Crippen molar-refractivity contribution in [1.29, 1.82) is 0 Å². The van der Waals surface area contributed by atoms with Crippen LogP contribution in [0.2, 0.25) is 0 Å². The minimum Gasteiger partial charge on any atom is -0.308 e. The van der Waals surface area contributed by atoms with Crippen LogP contribution in [-0.4, -0.2) is 6.54 Å². The van der Waals surface area contributed by atoms with Gasteiger partial charge in [0.2, 0.25) is 0 Å². The summed E-state index contributed by atoms with van der Waals surface area (Å²) in [6.45, 7) is 7.57. The van der Waals surface area contributed by atoms with Crippen LogP contribution in [0.25, 0.3) is 0 Å². The summed E-state index contributed by atoms with van der Waals surface area (Å²) in [6, 6.07) is 8.49. The highest BCUT2D eigenvalue weighted by molar-refractivity contribution is 9.11. The first-order valence-electron chi connectivity index (χ1n) is 4.28. The molecule has 0 aliphatic rings. The molecule has 0 aliphatic heterocycles. The Bertz CT molecular complexity index is 294. The van der Waals surface area contributed by atoms with E-state index in [4.69, 9.17) is 0 Å². The van der Waals surface area contributed by atoms with Crippen LogP contribution >= 0.6 is 15.9 Å². The molecule has 0 spiro atoms. The molecule has 1 aromatic rings. The third kappa shape index (κ3) is 4.25. The van der Waals surface area contributed by atoms with Crippen LogP contribution in [-0.2, 0) is 6.54 Å². The Morgan fingerprint density at radius 3 is 2.92 bits per heavy atom. The van der Waals surface area contributed by atoms with E-state index in [2.05, 4.69) is 59.0 Å². The number of aryl methyl sites for hydroxylation is 1. The smallest absolute Gasteiger partial charge is 0.0268 e. The summed E-state index contributed by atoms with van der Waals surface area (Å²) < 4.78 is 0.986. The van der Waals surface area contributed by atoms with Gasteiger partial charge in [0, 0.05) is 17.6 Å². The Kier molecular flexibility index (Phi) is 4.19. The fourth-order valence-corrected chi connectivity index (χ4v) is 1.36. The van der Waals surface area contributed by atoms with Crippen LogP contribution in [0.3, 0.4) is 0 Å². The van der Waals surface area contributed by atoms with E-state index in [1.165, 1.54) is 11.1 Å². The first-order valence-corrected chi connectivity index (χ1v) is 5.07. The molecule has 0 bridgehead atoms. The number of rotatable bonds is 4. The van der Waals surface area contributed by atoms with Crippen LogP contribution in [0.5, 0.6) is 0 Å². The molecule has 1 nitrogen and oxygen atoms in total. The molecule has 1 N–H and O–H groups in total. The lowest BCUT2D eigenvalue weighted by molar-refractivity contribution is 0.756. The maximum atomic E-state index is 3.76. The predicted molar refractivity (Wildman–Crippen MR) is 61.0 cm³/mol. The van der Waals surface area contributed by atoms with Gasteiger partial charge < -0.3 is 5.32 Å². The Hall–Kier alpha value is -0.600. The predicted octanol–water partition coefficient (Wildman–Crippen LogP) is 2.99. The highest BCUT2D eigenvalue weighted by Crippen LogP contribution is 2.04. The number of halogens is 1. The fraction of sp³-hybridized carbons (Fsp3) is 0.273. The molecule has 1 aromatic carbocycles. The maximum absolute atomic E-state index is 3.76. The summed E-state index contributed by atoms with van der Waals surface area (Å²) >= 11 is 3.31. The quantitative estimate of drug-likeness (QED) is 0.853. The highest BCUT2D eigenvalue weighted by Gasteiger charge is 1.92. The SMILES string of the molecule is C=C(Br)CNCc1cccc(C)c1. The van der Waals surface area contributed by atoms with Gasteiger partial charge in [-0.05, 0) is 12.5 Å². The van der Waals surface area contributed by atoms with Gasteiger partial charge in [0.15, 0.2) is 0 Å². The molecule has 0 unspecified atom stereocenters. The van der Waals surface area contributed by atoms with Crippen LogP contribution in [0, 0.1) is 6.92 Å². The zero-order valence-corrected chi connectivity index (χ0v) is 9.39.